The molecular weight excluding hydrogens is 166 g/mol. The average molecular weight is 187 g/mol. The van der Waals surface area contributed by atoms with Gasteiger partial charge in [0.15, 0.2) is 5.96 Å². The first-order valence-corrected chi connectivity index (χ1v) is 4.81. The van der Waals surface area contributed by atoms with E-state index >= 15 is 0 Å². The lowest BCUT2D eigenvalue weighted by molar-refractivity contribution is 0.285. The number of aliphatic imine (C=N–C) groups is 1. The van der Waals surface area contributed by atoms with Gasteiger partial charge in [-0.3, -0.25) is 4.99 Å². The Hall–Kier alpha value is -0.770. The van der Waals surface area contributed by atoms with Crippen molar-refractivity contribution in [2.45, 2.75) is 26.7 Å². The summed E-state index contributed by atoms with van der Waals surface area (Å²) in [4.78, 5) is 4.14. The van der Waals surface area contributed by atoms with Crippen LogP contribution in [0.4, 0.5) is 0 Å². The van der Waals surface area contributed by atoms with Crippen molar-refractivity contribution < 1.29 is 5.11 Å². The van der Waals surface area contributed by atoms with E-state index < -0.39 is 0 Å². The third-order valence-corrected chi connectivity index (χ3v) is 1.52. The SMILES string of the molecule is CC(C)CN=C(N)NCCCCO. The minimum Gasteiger partial charge on any atom is -0.396 e. The van der Waals surface area contributed by atoms with E-state index in [4.69, 9.17) is 10.8 Å². The van der Waals surface area contributed by atoms with E-state index in [0.717, 1.165) is 25.9 Å². The number of guanidine groups is 1. The summed E-state index contributed by atoms with van der Waals surface area (Å²) in [6.07, 6.45) is 1.73. The number of aliphatic hydroxyl groups excluding tert-OH is 1. The molecule has 4 N–H and O–H groups in total. The van der Waals surface area contributed by atoms with Crippen molar-refractivity contribution in [1.82, 2.24) is 5.32 Å². The Bertz CT molecular complexity index is 146. The smallest absolute Gasteiger partial charge is 0.188 e. The molecule has 78 valence electrons. The van der Waals surface area contributed by atoms with E-state index in [1.807, 2.05) is 0 Å². The van der Waals surface area contributed by atoms with Crippen LogP contribution in [0.2, 0.25) is 0 Å². The Labute approximate surface area is 80.2 Å². The molecule has 0 spiro atoms. The Balaban J connectivity index is 3.38. The number of nitrogens with one attached hydrogen (secondary N) is 1. The molecule has 13 heavy (non-hydrogen) atoms. The molecule has 0 aromatic carbocycles. The van der Waals surface area contributed by atoms with Gasteiger partial charge in [-0.1, -0.05) is 13.8 Å². The summed E-state index contributed by atoms with van der Waals surface area (Å²) >= 11 is 0. The van der Waals surface area contributed by atoms with Gasteiger partial charge in [-0.2, -0.15) is 0 Å². The maximum atomic E-state index is 8.52. The van der Waals surface area contributed by atoms with Crippen molar-refractivity contribution in [3.8, 4) is 0 Å². The highest BCUT2D eigenvalue weighted by molar-refractivity contribution is 5.77. The zero-order valence-electron chi connectivity index (χ0n) is 8.58. The van der Waals surface area contributed by atoms with Gasteiger partial charge in [0.2, 0.25) is 0 Å². The van der Waals surface area contributed by atoms with Crippen molar-refractivity contribution in [3.63, 3.8) is 0 Å². The zero-order chi connectivity index (χ0) is 10.1. The first kappa shape index (κ1) is 12.2. The molecule has 0 amide bonds. The van der Waals surface area contributed by atoms with Crippen molar-refractivity contribution in [1.29, 1.82) is 0 Å². The van der Waals surface area contributed by atoms with Crippen molar-refractivity contribution in [3.05, 3.63) is 0 Å². The van der Waals surface area contributed by atoms with Gasteiger partial charge < -0.3 is 16.2 Å². The summed E-state index contributed by atoms with van der Waals surface area (Å²) in [7, 11) is 0. The van der Waals surface area contributed by atoms with E-state index in [-0.39, 0.29) is 6.61 Å². The molecular formula is C9H21N3O. The van der Waals surface area contributed by atoms with Crippen LogP contribution in [0.25, 0.3) is 0 Å². The molecule has 4 heteroatoms. The molecule has 0 radical (unpaired) electrons. The molecule has 0 aliphatic rings. The highest BCUT2D eigenvalue weighted by Crippen LogP contribution is 1.90. The van der Waals surface area contributed by atoms with Gasteiger partial charge in [-0.15, -0.1) is 0 Å². The van der Waals surface area contributed by atoms with Gasteiger partial charge in [0.05, 0.1) is 0 Å². The average Bonchev–Trinajstić information content (AvgIpc) is 2.09. The molecule has 0 bridgehead atoms. The molecule has 0 atom stereocenters. The maximum Gasteiger partial charge on any atom is 0.188 e. The van der Waals surface area contributed by atoms with Crippen molar-refractivity contribution in [2.75, 3.05) is 19.7 Å². The monoisotopic (exact) mass is 187 g/mol. The van der Waals surface area contributed by atoms with Crippen LogP contribution in [0.1, 0.15) is 26.7 Å². The number of unbranched alkanes of at least 4 members (excludes halogenated alkanes) is 1. The normalized spacial score (nSPS) is 12.2. The molecule has 0 saturated heterocycles. The minimum absolute atomic E-state index is 0.241. The lowest BCUT2D eigenvalue weighted by Gasteiger charge is -2.05. The van der Waals surface area contributed by atoms with Crippen molar-refractivity contribution in [2.24, 2.45) is 16.6 Å². The second-order valence-electron chi connectivity index (χ2n) is 3.48. The molecule has 0 aromatic rings. The molecule has 0 rings (SSSR count). The summed E-state index contributed by atoms with van der Waals surface area (Å²) in [5.74, 6) is 1.05. The molecule has 0 aliphatic carbocycles. The third kappa shape index (κ3) is 9.14. The van der Waals surface area contributed by atoms with Gasteiger partial charge in [0, 0.05) is 19.7 Å². The molecule has 0 aliphatic heterocycles. The number of aliphatic hydroxyl groups is 1. The maximum absolute atomic E-state index is 8.52. The van der Waals surface area contributed by atoms with Gasteiger partial charge in [0.25, 0.3) is 0 Å². The highest BCUT2D eigenvalue weighted by atomic mass is 16.2. The van der Waals surface area contributed by atoms with Crippen LogP contribution in [-0.2, 0) is 0 Å². The number of nitrogens with two attached hydrogens (primary N) is 1. The second kappa shape index (κ2) is 7.86. The van der Waals surface area contributed by atoms with Crippen LogP contribution in [0.5, 0.6) is 0 Å². The Kier molecular flexibility index (Phi) is 7.39. The summed E-state index contributed by atoms with van der Waals surface area (Å²) in [6.45, 7) is 5.99. The van der Waals surface area contributed by atoms with E-state index in [9.17, 15) is 0 Å². The van der Waals surface area contributed by atoms with Crippen LogP contribution >= 0.6 is 0 Å². The highest BCUT2D eigenvalue weighted by Gasteiger charge is 1.93. The Morgan fingerprint density at radius 3 is 2.69 bits per heavy atom. The first-order valence-electron chi connectivity index (χ1n) is 4.81. The Morgan fingerprint density at radius 1 is 1.46 bits per heavy atom. The van der Waals surface area contributed by atoms with Crippen LogP contribution in [0, 0.1) is 5.92 Å². The number of rotatable bonds is 6. The number of nitrogens with zero attached hydrogens (tertiary/aromatic N) is 1. The van der Waals surface area contributed by atoms with E-state index in [1.54, 1.807) is 0 Å². The van der Waals surface area contributed by atoms with Gasteiger partial charge >= 0.3 is 0 Å². The van der Waals surface area contributed by atoms with Crippen molar-refractivity contribution >= 4 is 5.96 Å². The summed E-state index contributed by atoms with van der Waals surface area (Å²) < 4.78 is 0. The summed E-state index contributed by atoms with van der Waals surface area (Å²) in [6, 6.07) is 0. The number of hydrogen-bond acceptors (Lipinski definition) is 2. The molecule has 0 aromatic heterocycles. The standard InChI is InChI=1S/C9H21N3O/c1-8(2)7-12-9(10)11-5-3-4-6-13/h8,13H,3-7H2,1-2H3,(H3,10,11,12). The van der Waals surface area contributed by atoms with E-state index in [1.165, 1.54) is 0 Å². The van der Waals surface area contributed by atoms with Gasteiger partial charge in [0.1, 0.15) is 0 Å². The van der Waals surface area contributed by atoms with Crippen LogP contribution < -0.4 is 11.1 Å². The van der Waals surface area contributed by atoms with Gasteiger partial charge in [-0.25, -0.2) is 0 Å². The first-order chi connectivity index (χ1) is 6.16. The summed E-state index contributed by atoms with van der Waals surface area (Å²) in [5, 5.41) is 11.5. The number of hydrogen-bond donors (Lipinski definition) is 3. The molecule has 0 fully saturated rings. The Morgan fingerprint density at radius 2 is 2.15 bits per heavy atom. The predicted octanol–water partition coefficient (Wildman–Crippen LogP) is 0.319. The predicted molar refractivity (Wildman–Crippen MR) is 55.6 cm³/mol. The van der Waals surface area contributed by atoms with Crippen LogP contribution in [-0.4, -0.2) is 30.8 Å². The zero-order valence-corrected chi connectivity index (χ0v) is 8.58. The minimum atomic E-state index is 0.241. The third-order valence-electron chi connectivity index (χ3n) is 1.52. The van der Waals surface area contributed by atoms with Gasteiger partial charge in [-0.05, 0) is 18.8 Å². The fraction of sp³-hybridized carbons (Fsp3) is 0.889. The van der Waals surface area contributed by atoms with E-state index in [0.29, 0.717) is 11.9 Å². The lowest BCUT2D eigenvalue weighted by Crippen LogP contribution is -2.32. The fourth-order valence-electron chi connectivity index (χ4n) is 0.790. The largest absolute Gasteiger partial charge is 0.396 e. The topological polar surface area (TPSA) is 70.6 Å². The van der Waals surface area contributed by atoms with E-state index in [2.05, 4.69) is 24.2 Å². The lowest BCUT2D eigenvalue weighted by atomic mass is 10.2. The van der Waals surface area contributed by atoms with Crippen LogP contribution in [0.3, 0.4) is 0 Å². The van der Waals surface area contributed by atoms with Crippen LogP contribution in [0.15, 0.2) is 4.99 Å². The molecule has 0 saturated carbocycles. The molecule has 0 unspecified atom stereocenters. The molecule has 0 heterocycles. The fourth-order valence-corrected chi connectivity index (χ4v) is 0.790. The molecule has 4 nitrogen and oxygen atoms in total. The second-order valence-corrected chi connectivity index (χ2v) is 3.48. The quantitative estimate of drug-likeness (QED) is 0.318. The summed E-state index contributed by atoms with van der Waals surface area (Å²) in [5.41, 5.74) is 5.58.